The van der Waals surface area contributed by atoms with Crippen molar-refractivity contribution in [1.29, 1.82) is 0 Å². The number of nitrogens with one attached hydrogen (secondary N) is 2. The lowest BCUT2D eigenvalue weighted by Gasteiger charge is -2.40. The van der Waals surface area contributed by atoms with Crippen molar-refractivity contribution in [1.82, 2.24) is 20.8 Å². The monoisotopic (exact) mass is 589 g/mol. The number of ether oxygens (including phenoxy) is 2. The predicted octanol–water partition coefficient (Wildman–Crippen LogP) is 1.31. The number of hydrazine groups is 2. The van der Waals surface area contributed by atoms with Crippen molar-refractivity contribution in [2.75, 3.05) is 51.6 Å². The predicted molar refractivity (Wildman–Crippen MR) is 155 cm³/mol. The number of carboxylic acids is 2. The van der Waals surface area contributed by atoms with Gasteiger partial charge in [-0.3, -0.25) is 10.2 Å². The Kier molecular flexibility index (Phi) is 11.7. The van der Waals surface area contributed by atoms with Gasteiger partial charge in [0.25, 0.3) is 5.91 Å². The van der Waals surface area contributed by atoms with Gasteiger partial charge in [0.2, 0.25) is 0 Å². The Balaban J connectivity index is 2.17. The third kappa shape index (κ3) is 8.00. The van der Waals surface area contributed by atoms with E-state index in [1.165, 1.54) is 12.1 Å². The number of piperidine rings is 1. The van der Waals surface area contributed by atoms with Crippen LogP contribution in [0.2, 0.25) is 0 Å². The van der Waals surface area contributed by atoms with E-state index in [1.54, 1.807) is 24.0 Å². The minimum absolute atomic E-state index is 0.0503. The number of aliphatic hydroxyl groups excluding tert-OH is 1. The fourth-order valence-electron chi connectivity index (χ4n) is 5.11. The number of carbonyl (C=O) groups excluding carboxylic acids is 1. The molecule has 1 fully saturated rings. The summed E-state index contributed by atoms with van der Waals surface area (Å²) in [6.45, 7) is 9.53. The first-order valence-corrected chi connectivity index (χ1v) is 14.1. The van der Waals surface area contributed by atoms with Gasteiger partial charge in [0.1, 0.15) is 5.70 Å². The van der Waals surface area contributed by atoms with Gasteiger partial charge in [0.05, 0.1) is 43.4 Å². The van der Waals surface area contributed by atoms with E-state index in [9.17, 15) is 29.7 Å². The average molecular weight is 590 g/mol. The molecule has 1 amide bonds. The molecule has 2 heterocycles. The Labute approximate surface area is 246 Å². The average Bonchev–Trinajstić information content (AvgIpc) is 3.31. The normalized spacial score (nSPS) is 20.1. The highest BCUT2D eigenvalue weighted by atomic mass is 16.5. The molecule has 42 heavy (non-hydrogen) atoms. The quantitative estimate of drug-likeness (QED) is 0.156. The second kappa shape index (κ2) is 15.0. The number of anilines is 1. The lowest BCUT2D eigenvalue weighted by atomic mass is 9.90. The summed E-state index contributed by atoms with van der Waals surface area (Å²) in [5.41, 5.74) is 3.98. The smallest absolute Gasteiger partial charge is 0.356 e. The van der Waals surface area contributed by atoms with Gasteiger partial charge in [-0.15, -0.1) is 0 Å². The molecule has 1 aromatic rings. The van der Waals surface area contributed by atoms with Crippen molar-refractivity contribution in [2.45, 2.75) is 46.3 Å². The summed E-state index contributed by atoms with van der Waals surface area (Å²) in [6, 6.07) is 6.92. The second-order valence-corrected chi connectivity index (χ2v) is 11.0. The molecule has 3 atom stereocenters. The highest BCUT2D eigenvalue weighted by molar-refractivity contribution is 5.98. The lowest BCUT2D eigenvalue weighted by molar-refractivity contribution is -0.137. The highest BCUT2D eigenvalue weighted by Crippen LogP contribution is 2.34. The zero-order valence-electron chi connectivity index (χ0n) is 24.9. The Bertz CT molecular complexity index is 1180. The summed E-state index contributed by atoms with van der Waals surface area (Å²) in [4.78, 5) is 40.3. The molecule has 0 bridgehead atoms. The molecule has 1 aromatic carbocycles. The summed E-state index contributed by atoms with van der Waals surface area (Å²) in [7, 11) is 1.54. The fourth-order valence-corrected chi connectivity index (χ4v) is 5.11. The largest absolute Gasteiger partial charge is 0.478 e. The van der Waals surface area contributed by atoms with Crippen LogP contribution in [0.15, 0.2) is 47.4 Å². The van der Waals surface area contributed by atoms with Gasteiger partial charge in [-0.1, -0.05) is 32.0 Å². The van der Waals surface area contributed by atoms with E-state index in [0.29, 0.717) is 50.1 Å². The van der Waals surface area contributed by atoms with Crippen LogP contribution in [-0.4, -0.2) is 102 Å². The molecule has 0 radical (unpaired) electrons. The van der Waals surface area contributed by atoms with Crippen LogP contribution in [-0.2, 0) is 23.9 Å². The summed E-state index contributed by atoms with van der Waals surface area (Å²) in [5.74, 6) is -3.31. The zero-order chi connectivity index (χ0) is 31.0. The molecule has 3 rings (SSSR count). The van der Waals surface area contributed by atoms with E-state index < -0.39 is 29.6 Å². The van der Waals surface area contributed by atoms with E-state index in [1.807, 2.05) is 32.9 Å². The second-order valence-electron chi connectivity index (χ2n) is 11.0. The van der Waals surface area contributed by atoms with Gasteiger partial charge in [0, 0.05) is 32.8 Å². The van der Waals surface area contributed by atoms with E-state index in [-0.39, 0.29) is 36.8 Å². The number of carboxylic acid groups (broad SMARTS) is 2. The maximum atomic E-state index is 14.5. The number of amides is 1. The number of benzene rings is 1. The Morgan fingerprint density at radius 3 is 2.45 bits per heavy atom. The molecule has 232 valence electrons. The molecular formula is C29H43N5O8. The molecule has 2 aliphatic rings. The zero-order valence-corrected chi connectivity index (χ0v) is 24.9. The van der Waals surface area contributed by atoms with Crippen molar-refractivity contribution in [3.05, 3.63) is 53.0 Å². The molecule has 5 N–H and O–H groups in total. The van der Waals surface area contributed by atoms with Gasteiger partial charge in [-0.05, 0) is 43.7 Å². The standard InChI is InChI=1S/C29H43N5O8/c1-18(2)16-32(22-12-21(20(4)35)14-30-15-22)28(38)27-25(17-42-11-10-41-5)33(23-9-7-6-8-19(23)3)34(31-27)24(29(39)40)13-26(36)37/h6-9,13,18,20-22,30-31,35H,10-12,14-17H2,1-5H3,(H,36,37)(H,39,40)/b24-13+/t20?,21-,22+/m1/s1. The number of para-hydroxylation sites is 1. The van der Waals surface area contributed by atoms with Crippen LogP contribution >= 0.6 is 0 Å². The molecule has 2 aliphatic heterocycles. The van der Waals surface area contributed by atoms with Crippen molar-refractivity contribution in [3.63, 3.8) is 0 Å². The Morgan fingerprint density at radius 2 is 1.86 bits per heavy atom. The van der Waals surface area contributed by atoms with Crippen molar-refractivity contribution in [2.24, 2.45) is 11.8 Å². The van der Waals surface area contributed by atoms with Crippen molar-refractivity contribution >= 4 is 23.5 Å². The maximum Gasteiger partial charge on any atom is 0.356 e. The first-order valence-electron chi connectivity index (χ1n) is 14.1. The number of nitrogens with zero attached hydrogens (tertiary/aromatic N) is 3. The summed E-state index contributed by atoms with van der Waals surface area (Å²) in [6.07, 6.45) is 0.596. The first-order chi connectivity index (χ1) is 20.0. The molecular weight excluding hydrogens is 546 g/mol. The highest BCUT2D eigenvalue weighted by Gasteiger charge is 2.42. The number of aliphatic hydroxyl groups is 1. The number of aryl methyl sites for hydroxylation is 1. The molecule has 0 aromatic heterocycles. The topological polar surface area (TPSA) is 164 Å². The SMILES string of the molecule is COCCOCC1=C(C(=O)N(CC(C)C)[C@@H]2CNC[C@H](C(C)O)C2)NN(/C(=C/C(=O)O)C(=O)O)N1c1ccccc1C. The van der Waals surface area contributed by atoms with Gasteiger partial charge < -0.3 is 35.0 Å². The van der Waals surface area contributed by atoms with E-state index in [4.69, 9.17) is 9.47 Å². The fraction of sp³-hybridized carbons (Fsp3) is 0.552. The number of methoxy groups -OCH3 is 1. The number of hydrogen-bond donors (Lipinski definition) is 5. The molecule has 0 saturated carbocycles. The third-order valence-corrected chi connectivity index (χ3v) is 7.20. The molecule has 0 spiro atoms. The van der Waals surface area contributed by atoms with Gasteiger partial charge in [-0.2, -0.15) is 5.12 Å². The Hall–Kier alpha value is -3.65. The number of carbonyl (C=O) groups is 3. The number of aliphatic carboxylic acids is 2. The van der Waals surface area contributed by atoms with Crippen LogP contribution in [0.25, 0.3) is 0 Å². The Morgan fingerprint density at radius 1 is 1.14 bits per heavy atom. The number of rotatable bonds is 14. The lowest BCUT2D eigenvalue weighted by Crippen LogP contribution is -2.55. The third-order valence-electron chi connectivity index (χ3n) is 7.20. The molecule has 13 nitrogen and oxygen atoms in total. The number of hydrogen-bond acceptors (Lipinski definition) is 10. The minimum atomic E-state index is -1.51. The minimum Gasteiger partial charge on any atom is -0.478 e. The van der Waals surface area contributed by atoms with E-state index in [2.05, 4.69) is 10.7 Å². The van der Waals surface area contributed by atoms with Gasteiger partial charge in [0.15, 0.2) is 5.70 Å². The summed E-state index contributed by atoms with van der Waals surface area (Å²) < 4.78 is 11.0. The summed E-state index contributed by atoms with van der Waals surface area (Å²) >= 11 is 0. The van der Waals surface area contributed by atoms with Crippen LogP contribution in [0.5, 0.6) is 0 Å². The molecule has 0 aliphatic carbocycles. The van der Waals surface area contributed by atoms with Crippen LogP contribution in [0.1, 0.15) is 32.8 Å². The van der Waals surface area contributed by atoms with Crippen molar-refractivity contribution < 1.29 is 39.2 Å². The molecule has 1 unspecified atom stereocenters. The van der Waals surface area contributed by atoms with Crippen LogP contribution in [0, 0.1) is 18.8 Å². The van der Waals surface area contributed by atoms with Gasteiger partial charge >= 0.3 is 11.9 Å². The van der Waals surface area contributed by atoms with E-state index >= 15 is 0 Å². The molecule has 13 heteroatoms. The summed E-state index contributed by atoms with van der Waals surface area (Å²) in [5, 5.41) is 35.7. The van der Waals surface area contributed by atoms with Crippen LogP contribution in [0.3, 0.4) is 0 Å². The van der Waals surface area contributed by atoms with Crippen molar-refractivity contribution in [3.8, 4) is 0 Å². The van der Waals surface area contributed by atoms with Crippen LogP contribution < -0.4 is 15.8 Å². The first kappa shape index (κ1) is 32.9. The van der Waals surface area contributed by atoms with Crippen LogP contribution in [0.4, 0.5) is 5.69 Å². The van der Waals surface area contributed by atoms with E-state index in [0.717, 1.165) is 10.7 Å². The molecule has 1 saturated heterocycles. The van der Waals surface area contributed by atoms with Gasteiger partial charge in [-0.25, -0.2) is 14.6 Å². The maximum absolute atomic E-state index is 14.5.